The number of halogens is 1. The summed E-state index contributed by atoms with van der Waals surface area (Å²) in [6.07, 6.45) is 3.28. The number of hydrogen-bond donors (Lipinski definition) is 2. The van der Waals surface area contributed by atoms with Crippen LogP contribution in [0.1, 0.15) is 11.1 Å². The number of benzene rings is 2. The molecule has 0 saturated heterocycles. The zero-order valence-corrected chi connectivity index (χ0v) is 18.6. The first-order valence-corrected chi connectivity index (χ1v) is 10.3. The lowest BCUT2D eigenvalue weighted by Crippen LogP contribution is -2.30. The average Bonchev–Trinajstić information content (AvgIpc) is 3.12. The molecule has 2 aromatic carbocycles. The Balaban J connectivity index is 1.89. The van der Waals surface area contributed by atoms with Crippen molar-refractivity contribution in [2.75, 3.05) is 25.6 Å². The number of fused-ring (bicyclic) bond motifs is 1. The Morgan fingerprint density at radius 2 is 2.00 bits per heavy atom. The summed E-state index contributed by atoms with van der Waals surface area (Å²) in [5.41, 5.74) is 2.69. The highest BCUT2D eigenvalue weighted by Gasteiger charge is 2.15. The lowest BCUT2D eigenvalue weighted by atomic mass is 10.1. The second-order valence-corrected chi connectivity index (χ2v) is 7.52. The van der Waals surface area contributed by atoms with Gasteiger partial charge in [-0.2, -0.15) is 5.26 Å². The van der Waals surface area contributed by atoms with E-state index in [1.807, 2.05) is 30.3 Å². The predicted molar refractivity (Wildman–Crippen MR) is 125 cm³/mol. The van der Waals surface area contributed by atoms with E-state index in [-0.39, 0.29) is 18.0 Å². The molecule has 0 saturated carbocycles. The summed E-state index contributed by atoms with van der Waals surface area (Å²) in [5.74, 6) is -0.694. The topological polar surface area (TPSA) is 96.2 Å². The minimum atomic E-state index is -0.535. The third-order valence-corrected chi connectivity index (χ3v) is 5.35. The van der Waals surface area contributed by atoms with Crippen LogP contribution in [0.3, 0.4) is 0 Å². The molecule has 32 heavy (non-hydrogen) atoms. The number of nitrogens with zero attached hydrogens (tertiary/aromatic N) is 2. The molecule has 0 bridgehead atoms. The van der Waals surface area contributed by atoms with Gasteiger partial charge in [0.15, 0.2) is 0 Å². The smallest absolute Gasteiger partial charge is 0.266 e. The number of anilines is 1. The molecule has 3 aromatic rings. The molecule has 0 spiro atoms. The number of aromatic nitrogens is 1. The fourth-order valence-corrected chi connectivity index (χ4v) is 3.44. The molecule has 0 radical (unpaired) electrons. The molecule has 164 valence electrons. The lowest BCUT2D eigenvalue weighted by Gasteiger charge is -2.08. The van der Waals surface area contributed by atoms with Crippen molar-refractivity contribution in [1.29, 1.82) is 5.26 Å². The lowest BCUT2D eigenvalue weighted by molar-refractivity contribution is -0.121. The van der Waals surface area contributed by atoms with E-state index in [9.17, 15) is 14.9 Å². The van der Waals surface area contributed by atoms with Crippen LogP contribution in [-0.4, -0.2) is 36.6 Å². The average molecular weight is 451 g/mol. The van der Waals surface area contributed by atoms with Crippen LogP contribution >= 0.6 is 11.6 Å². The number of carbonyl (C=O) groups excluding carboxylic acids is 2. The second kappa shape index (κ2) is 10.6. The maximum absolute atomic E-state index is 12.8. The summed E-state index contributed by atoms with van der Waals surface area (Å²) < 4.78 is 6.74. The first-order chi connectivity index (χ1) is 15.4. The van der Waals surface area contributed by atoms with Gasteiger partial charge in [0.2, 0.25) is 5.91 Å². The summed E-state index contributed by atoms with van der Waals surface area (Å²) in [5, 5.41) is 16.5. The van der Waals surface area contributed by atoms with Crippen molar-refractivity contribution in [2.24, 2.45) is 0 Å². The Hall–Kier alpha value is -3.60. The van der Waals surface area contributed by atoms with Crippen molar-refractivity contribution in [1.82, 2.24) is 9.88 Å². The van der Waals surface area contributed by atoms with Gasteiger partial charge in [-0.1, -0.05) is 35.9 Å². The number of ether oxygens (including phenoxy) is 1. The molecule has 0 aliphatic heterocycles. The van der Waals surface area contributed by atoms with Crippen molar-refractivity contribution in [3.8, 4) is 6.07 Å². The number of methoxy groups -OCH3 is 1. The predicted octanol–water partition coefficient (Wildman–Crippen LogP) is 3.91. The van der Waals surface area contributed by atoms with Gasteiger partial charge < -0.3 is 19.9 Å². The van der Waals surface area contributed by atoms with Crippen LogP contribution in [0.5, 0.6) is 0 Å². The molecule has 7 nitrogen and oxygen atoms in total. The maximum Gasteiger partial charge on any atom is 0.266 e. The van der Waals surface area contributed by atoms with Crippen molar-refractivity contribution < 1.29 is 14.3 Å². The molecule has 0 aliphatic carbocycles. The Morgan fingerprint density at radius 3 is 2.75 bits per heavy atom. The number of hydrogen-bond acceptors (Lipinski definition) is 4. The second-order valence-electron chi connectivity index (χ2n) is 7.11. The van der Waals surface area contributed by atoms with Gasteiger partial charge in [-0.3, -0.25) is 9.59 Å². The first-order valence-electron chi connectivity index (χ1n) is 9.96. The fraction of sp³-hybridized carbons (Fsp3) is 0.208. The monoisotopic (exact) mass is 450 g/mol. The molecule has 0 unspecified atom stereocenters. The van der Waals surface area contributed by atoms with E-state index in [2.05, 4.69) is 10.6 Å². The van der Waals surface area contributed by atoms with E-state index in [1.54, 1.807) is 43.0 Å². The highest BCUT2D eigenvalue weighted by atomic mass is 35.5. The molecule has 1 heterocycles. The van der Waals surface area contributed by atoms with Gasteiger partial charge in [0.25, 0.3) is 5.91 Å². The SMILES string of the molecule is COCCNC(=O)Cn1cc(/C=C(\C#N)C(=O)Nc2cccc(Cl)c2C)c2ccccc21. The summed E-state index contributed by atoms with van der Waals surface area (Å²) in [6, 6.07) is 14.7. The molecular weight excluding hydrogens is 428 g/mol. The van der Waals surface area contributed by atoms with E-state index in [0.29, 0.717) is 29.4 Å². The third kappa shape index (κ3) is 5.35. The fourth-order valence-electron chi connectivity index (χ4n) is 3.26. The van der Waals surface area contributed by atoms with Crippen LogP contribution in [0.4, 0.5) is 5.69 Å². The van der Waals surface area contributed by atoms with Gasteiger partial charge >= 0.3 is 0 Å². The Bertz CT molecular complexity index is 1220. The van der Waals surface area contributed by atoms with Gasteiger partial charge in [-0.05, 0) is 36.8 Å². The zero-order valence-electron chi connectivity index (χ0n) is 17.8. The third-order valence-electron chi connectivity index (χ3n) is 4.94. The summed E-state index contributed by atoms with van der Waals surface area (Å²) in [4.78, 5) is 25.0. The van der Waals surface area contributed by atoms with Crippen LogP contribution < -0.4 is 10.6 Å². The Labute approximate surface area is 191 Å². The van der Waals surface area contributed by atoms with E-state index in [4.69, 9.17) is 16.3 Å². The van der Waals surface area contributed by atoms with Crippen LogP contribution in [-0.2, 0) is 20.9 Å². The number of rotatable bonds is 8. The molecule has 2 N–H and O–H groups in total. The van der Waals surface area contributed by atoms with E-state index >= 15 is 0 Å². The summed E-state index contributed by atoms with van der Waals surface area (Å²) in [6.45, 7) is 2.74. The Kier molecular flexibility index (Phi) is 7.66. The minimum Gasteiger partial charge on any atom is -0.383 e. The van der Waals surface area contributed by atoms with Crippen LogP contribution in [0.15, 0.2) is 54.2 Å². The molecule has 0 fully saturated rings. The van der Waals surface area contributed by atoms with E-state index < -0.39 is 5.91 Å². The highest BCUT2D eigenvalue weighted by molar-refractivity contribution is 6.31. The molecule has 8 heteroatoms. The van der Waals surface area contributed by atoms with Crippen LogP contribution in [0.2, 0.25) is 5.02 Å². The molecule has 1 aromatic heterocycles. The number of carbonyl (C=O) groups is 2. The highest BCUT2D eigenvalue weighted by Crippen LogP contribution is 2.26. The van der Waals surface area contributed by atoms with E-state index in [0.717, 1.165) is 16.5 Å². The zero-order chi connectivity index (χ0) is 23.1. The number of nitrogens with one attached hydrogen (secondary N) is 2. The molecule has 2 amide bonds. The summed E-state index contributed by atoms with van der Waals surface area (Å²) >= 11 is 6.12. The van der Waals surface area contributed by atoms with Crippen molar-refractivity contribution >= 4 is 46.1 Å². The molecule has 0 aliphatic rings. The van der Waals surface area contributed by atoms with Crippen LogP contribution in [0.25, 0.3) is 17.0 Å². The van der Waals surface area contributed by atoms with Gasteiger partial charge in [0.05, 0.1) is 6.61 Å². The van der Waals surface area contributed by atoms with Gasteiger partial charge in [-0.15, -0.1) is 0 Å². The number of nitriles is 1. The molecular formula is C24H23ClN4O3. The molecule has 3 rings (SSSR count). The normalized spacial score (nSPS) is 11.2. The number of amides is 2. The van der Waals surface area contributed by atoms with E-state index in [1.165, 1.54) is 6.08 Å². The standard InChI is InChI=1S/C24H23ClN4O3/c1-16-20(25)7-5-8-21(16)28-24(31)17(13-26)12-18-14-29(15-23(30)27-10-11-32-2)22-9-4-3-6-19(18)22/h3-9,12,14H,10-11,15H2,1-2H3,(H,27,30)(H,28,31)/b17-12+. The van der Waals surface area contributed by atoms with Crippen molar-refractivity contribution in [3.05, 3.63) is 70.4 Å². The maximum atomic E-state index is 12.8. The summed E-state index contributed by atoms with van der Waals surface area (Å²) in [7, 11) is 1.57. The quantitative estimate of drug-likeness (QED) is 0.309. The first kappa shape index (κ1) is 23.1. The van der Waals surface area contributed by atoms with Gasteiger partial charge in [0, 0.05) is 47.0 Å². The van der Waals surface area contributed by atoms with Gasteiger partial charge in [0.1, 0.15) is 18.2 Å². The minimum absolute atomic E-state index is 0.0585. The molecule has 0 atom stereocenters. The van der Waals surface area contributed by atoms with Gasteiger partial charge in [-0.25, -0.2) is 0 Å². The van der Waals surface area contributed by atoms with Crippen LogP contribution in [0, 0.1) is 18.3 Å². The Morgan fingerprint density at radius 1 is 1.22 bits per heavy atom. The van der Waals surface area contributed by atoms with Crippen molar-refractivity contribution in [3.63, 3.8) is 0 Å². The largest absolute Gasteiger partial charge is 0.383 e. The number of para-hydroxylation sites is 1. The van der Waals surface area contributed by atoms with Crippen molar-refractivity contribution in [2.45, 2.75) is 13.5 Å².